The summed E-state index contributed by atoms with van der Waals surface area (Å²) in [5.41, 5.74) is 0.464. The Balaban J connectivity index is 1.96. The lowest BCUT2D eigenvalue weighted by Crippen LogP contribution is -2.50. The Morgan fingerprint density at radius 2 is 1.81 bits per heavy atom. The molecule has 2 aliphatic heterocycles. The van der Waals surface area contributed by atoms with Gasteiger partial charge in [0.2, 0.25) is 0 Å². The Kier molecular flexibility index (Phi) is 3.06. The lowest BCUT2D eigenvalue weighted by molar-refractivity contribution is -0.152. The minimum Gasteiger partial charge on any atom is -0.376 e. The Labute approximate surface area is 99.1 Å². The summed E-state index contributed by atoms with van der Waals surface area (Å²) in [4.78, 5) is 2.56. The van der Waals surface area contributed by atoms with Crippen molar-refractivity contribution in [3.63, 3.8) is 0 Å². The molecule has 0 aromatic carbocycles. The molecule has 0 unspecified atom stereocenters. The van der Waals surface area contributed by atoms with Gasteiger partial charge in [-0.2, -0.15) is 0 Å². The summed E-state index contributed by atoms with van der Waals surface area (Å²) >= 11 is 0. The summed E-state index contributed by atoms with van der Waals surface area (Å²) in [6.45, 7) is 14.1. The van der Waals surface area contributed by atoms with Gasteiger partial charge in [0, 0.05) is 17.6 Å². The Morgan fingerprint density at radius 3 is 2.19 bits per heavy atom. The molecule has 94 valence electrons. The summed E-state index contributed by atoms with van der Waals surface area (Å²) < 4.78 is 11.2. The first-order valence-electron chi connectivity index (χ1n) is 6.30. The maximum atomic E-state index is 6.04. The summed E-state index contributed by atoms with van der Waals surface area (Å²) in [7, 11) is 0. The third-order valence-electron chi connectivity index (χ3n) is 3.65. The Hall–Kier alpha value is -0.120. The van der Waals surface area contributed by atoms with Crippen molar-refractivity contribution >= 4 is 0 Å². The van der Waals surface area contributed by atoms with Crippen LogP contribution < -0.4 is 0 Å². The molecule has 2 aliphatic rings. The minimum atomic E-state index is 0.220. The zero-order chi connectivity index (χ0) is 12.0. The van der Waals surface area contributed by atoms with Gasteiger partial charge in [0.1, 0.15) is 6.10 Å². The quantitative estimate of drug-likeness (QED) is 0.720. The van der Waals surface area contributed by atoms with E-state index in [4.69, 9.17) is 9.47 Å². The van der Waals surface area contributed by atoms with Gasteiger partial charge >= 0.3 is 0 Å². The predicted octanol–water partition coefficient (Wildman–Crippen LogP) is 2.05. The molecule has 0 aliphatic carbocycles. The maximum Gasteiger partial charge on any atom is 0.105 e. The van der Waals surface area contributed by atoms with Gasteiger partial charge in [-0.05, 0) is 41.0 Å². The fourth-order valence-electron chi connectivity index (χ4n) is 3.02. The summed E-state index contributed by atoms with van der Waals surface area (Å²) in [6.07, 6.45) is 1.85. The first-order valence-corrected chi connectivity index (χ1v) is 6.30. The van der Waals surface area contributed by atoms with Crippen LogP contribution >= 0.6 is 0 Å². The molecule has 0 aromatic heterocycles. The van der Waals surface area contributed by atoms with E-state index in [0.717, 1.165) is 26.2 Å². The molecular formula is C13H25NO2. The lowest BCUT2D eigenvalue weighted by atomic mass is 9.96. The van der Waals surface area contributed by atoms with Crippen molar-refractivity contribution in [1.29, 1.82) is 0 Å². The van der Waals surface area contributed by atoms with E-state index < -0.39 is 0 Å². The maximum absolute atomic E-state index is 6.04. The zero-order valence-electron chi connectivity index (χ0n) is 11.2. The topological polar surface area (TPSA) is 21.7 Å². The smallest absolute Gasteiger partial charge is 0.105 e. The van der Waals surface area contributed by atoms with E-state index >= 15 is 0 Å². The molecule has 0 radical (unpaired) electrons. The molecule has 2 rings (SSSR count). The van der Waals surface area contributed by atoms with E-state index in [-0.39, 0.29) is 11.1 Å². The fourth-order valence-corrected chi connectivity index (χ4v) is 3.02. The van der Waals surface area contributed by atoms with Crippen molar-refractivity contribution < 1.29 is 9.47 Å². The summed E-state index contributed by atoms with van der Waals surface area (Å²) in [6, 6.07) is 0. The summed E-state index contributed by atoms with van der Waals surface area (Å²) in [5, 5.41) is 0. The second kappa shape index (κ2) is 3.97. The van der Waals surface area contributed by atoms with Crippen molar-refractivity contribution in [2.75, 3.05) is 19.8 Å². The highest BCUT2D eigenvalue weighted by Gasteiger charge is 2.44. The molecule has 3 nitrogen and oxygen atoms in total. The highest BCUT2D eigenvalue weighted by molar-refractivity contribution is 4.99. The monoisotopic (exact) mass is 227 g/mol. The van der Waals surface area contributed by atoms with E-state index in [1.807, 2.05) is 0 Å². The molecule has 0 aromatic rings. The molecule has 1 atom stereocenters. The number of nitrogens with zero attached hydrogens (tertiary/aromatic N) is 1. The molecule has 0 amide bonds. The van der Waals surface area contributed by atoms with Gasteiger partial charge in [-0.25, -0.2) is 0 Å². The molecule has 16 heavy (non-hydrogen) atoms. The van der Waals surface area contributed by atoms with Crippen LogP contribution in [0.25, 0.3) is 0 Å². The molecule has 0 saturated carbocycles. The molecule has 2 heterocycles. The highest BCUT2D eigenvalue weighted by Crippen LogP contribution is 2.36. The average molecular weight is 227 g/mol. The van der Waals surface area contributed by atoms with Crippen molar-refractivity contribution in [2.45, 2.75) is 64.3 Å². The van der Waals surface area contributed by atoms with E-state index in [1.54, 1.807) is 0 Å². The van der Waals surface area contributed by atoms with Crippen LogP contribution in [-0.4, -0.2) is 47.9 Å². The number of rotatable bonds is 2. The van der Waals surface area contributed by atoms with Crippen molar-refractivity contribution in [3.05, 3.63) is 0 Å². The van der Waals surface area contributed by atoms with Crippen LogP contribution in [0.2, 0.25) is 0 Å². The van der Waals surface area contributed by atoms with Crippen LogP contribution in [0, 0.1) is 0 Å². The fraction of sp³-hybridized carbons (Fsp3) is 1.00. The largest absolute Gasteiger partial charge is 0.376 e. The van der Waals surface area contributed by atoms with E-state index in [2.05, 4.69) is 39.5 Å². The van der Waals surface area contributed by atoms with Gasteiger partial charge in [0.05, 0.1) is 19.3 Å². The van der Waals surface area contributed by atoms with Crippen molar-refractivity contribution in [3.8, 4) is 0 Å². The second-order valence-corrected chi connectivity index (χ2v) is 6.72. The Morgan fingerprint density at radius 1 is 1.19 bits per heavy atom. The van der Waals surface area contributed by atoms with Crippen LogP contribution in [-0.2, 0) is 9.47 Å². The highest BCUT2D eigenvalue weighted by atomic mass is 16.6. The molecule has 0 spiro atoms. The van der Waals surface area contributed by atoms with Crippen LogP contribution in [0.1, 0.15) is 41.0 Å². The predicted molar refractivity (Wildman–Crippen MR) is 64.6 cm³/mol. The van der Waals surface area contributed by atoms with Crippen LogP contribution in [0.3, 0.4) is 0 Å². The third-order valence-corrected chi connectivity index (χ3v) is 3.65. The minimum absolute atomic E-state index is 0.220. The van der Waals surface area contributed by atoms with E-state index in [1.165, 1.54) is 0 Å². The van der Waals surface area contributed by atoms with E-state index in [9.17, 15) is 0 Å². The third kappa shape index (κ3) is 2.41. The average Bonchev–Trinajstić information content (AvgIpc) is 2.32. The molecule has 3 heteroatoms. The number of hydrogen-bond acceptors (Lipinski definition) is 3. The van der Waals surface area contributed by atoms with Gasteiger partial charge in [0.15, 0.2) is 0 Å². The second-order valence-electron chi connectivity index (χ2n) is 6.72. The van der Waals surface area contributed by atoms with Gasteiger partial charge in [-0.15, -0.1) is 0 Å². The Bertz CT molecular complexity index is 253. The summed E-state index contributed by atoms with van der Waals surface area (Å²) in [5.74, 6) is 0. The SMILES string of the molecule is CC(C)(C)N1C[C@H](OC2COC2)CC1(C)C. The number of likely N-dealkylation sites (tertiary alicyclic amines) is 1. The number of ether oxygens (including phenoxy) is 2. The number of hydrogen-bond donors (Lipinski definition) is 0. The normalized spacial score (nSPS) is 31.7. The first-order chi connectivity index (χ1) is 7.29. The van der Waals surface area contributed by atoms with Crippen molar-refractivity contribution in [2.24, 2.45) is 0 Å². The van der Waals surface area contributed by atoms with Crippen molar-refractivity contribution in [1.82, 2.24) is 4.90 Å². The van der Waals surface area contributed by atoms with Gasteiger partial charge in [-0.1, -0.05) is 0 Å². The zero-order valence-corrected chi connectivity index (χ0v) is 11.2. The van der Waals surface area contributed by atoms with Crippen LogP contribution in [0.15, 0.2) is 0 Å². The lowest BCUT2D eigenvalue weighted by Gasteiger charge is -2.41. The molecule has 2 saturated heterocycles. The van der Waals surface area contributed by atoms with Gasteiger partial charge < -0.3 is 9.47 Å². The molecule has 2 fully saturated rings. The van der Waals surface area contributed by atoms with Crippen LogP contribution in [0.5, 0.6) is 0 Å². The molecule has 0 bridgehead atoms. The standard InChI is InChI=1S/C13H25NO2/c1-12(2,3)14-7-10(6-13(14,4)5)16-11-8-15-9-11/h10-11H,6-9H2,1-5H3/t10-/m1/s1. The molecular weight excluding hydrogens is 202 g/mol. The van der Waals surface area contributed by atoms with Gasteiger partial charge in [0.25, 0.3) is 0 Å². The van der Waals surface area contributed by atoms with E-state index in [0.29, 0.717) is 12.2 Å². The van der Waals surface area contributed by atoms with Gasteiger partial charge in [-0.3, -0.25) is 4.90 Å². The molecule has 0 N–H and O–H groups in total. The first kappa shape index (κ1) is 12.3. The van der Waals surface area contributed by atoms with Crippen LogP contribution in [0.4, 0.5) is 0 Å².